The third-order valence-electron chi connectivity index (χ3n) is 10.4. The van der Waals surface area contributed by atoms with Gasteiger partial charge in [0.05, 0.1) is 6.10 Å². The Bertz CT molecular complexity index is 657. The first-order valence-corrected chi connectivity index (χ1v) is 12.8. The van der Waals surface area contributed by atoms with Crippen LogP contribution in [-0.4, -0.2) is 11.2 Å². The summed E-state index contributed by atoms with van der Waals surface area (Å²) in [5.41, 5.74) is 4.25. The van der Waals surface area contributed by atoms with Gasteiger partial charge < -0.3 is 5.11 Å². The molecule has 7 atom stereocenters. The van der Waals surface area contributed by atoms with E-state index >= 15 is 0 Å². The Balaban J connectivity index is 1.45. The van der Waals surface area contributed by atoms with Crippen LogP contribution in [0.3, 0.4) is 0 Å². The van der Waals surface area contributed by atoms with Crippen LogP contribution in [0.1, 0.15) is 105 Å². The van der Waals surface area contributed by atoms with E-state index < -0.39 is 0 Å². The highest BCUT2D eigenvalue weighted by Crippen LogP contribution is 2.66. The van der Waals surface area contributed by atoms with Gasteiger partial charge in [-0.25, -0.2) is 0 Å². The molecule has 0 aliphatic heterocycles. The number of fused-ring (bicyclic) bond motifs is 5. The number of hydrogen-bond donors (Lipinski definition) is 1. The SMILES string of the molecule is C/C=C(/CCCC1CCC2C3CC=C4CC(O)CCC4(C)C3CCC12C)C(C)C. The molecule has 3 saturated carbocycles. The normalized spacial score (nSPS) is 44.9. The number of aliphatic hydroxyl groups excluding tert-OH is 1. The van der Waals surface area contributed by atoms with Gasteiger partial charge in [-0.15, -0.1) is 0 Å². The van der Waals surface area contributed by atoms with Crippen LogP contribution in [0.25, 0.3) is 0 Å². The summed E-state index contributed by atoms with van der Waals surface area (Å²) in [6.07, 6.45) is 19.3. The molecule has 1 nitrogen and oxygen atoms in total. The van der Waals surface area contributed by atoms with E-state index in [0.717, 1.165) is 36.5 Å². The summed E-state index contributed by atoms with van der Waals surface area (Å²) >= 11 is 0. The summed E-state index contributed by atoms with van der Waals surface area (Å²) in [6.45, 7) is 12.1. The largest absolute Gasteiger partial charge is 0.393 e. The van der Waals surface area contributed by atoms with E-state index in [9.17, 15) is 5.11 Å². The summed E-state index contributed by atoms with van der Waals surface area (Å²) in [5, 5.41) is 10.2. The maximum Gasteiger partial charge on any atom is 0.0577 e. The molecule has 0 saturated heterocycles. The summed E-state index contributed by atoms with van der Waals surface area (Å²) in [5.74, 6) is 4.39. The van der Waals surface area contributed by atoms with Gasteiger partial charge in [0.2, 0.25) is 0 Å². The molecule has 1 heteroatoms. The molecule has 0 radical (unpaired) electrons. The van der Waals surface area contributed by atoms with Crippen molar-refractivity contribution in [3.8, 4) is 0 Å². The van der Waals surface area contributed by atoms with Crippen molar-refractivity contribution in [3.63, 3.8) is 0 Å². The number of rotatable bonds is 5. The smallest absolute Gasteiger partial charge is 0.0577 e. The average molecular weight is 399 g/mol. The van der Waals surface area contributed by atoms with Crippen LogP contribution in [0.2, 0.25) is 0 Å². The van der Waals surface area contributed by atoms with Crippen molar-refractivity contribution >= 4 is 0 Å². The average Bonchev–Trinajstić information content (AvgIpc) is 3.02. The van der Waals surface area contributed by atoms with Crippen molar-refractivity contribution < 1.29 is 5.11 Å². The zero-order valence-electron chi connectivity index (χ0n) is 19.8. The molecular formula is C28H46O. The molecule has 7 unspecified atom stereocenters. The van der Waals surface area contributed by atoms with Crippen LogP contribution in [0.4, 0.5) is 0 Å². The molecule has 164 valence electrons. The van der Waals surface area contributed by atoms with Crippen molar-refractivity contribution in [1.29, 1.82) is 0 Å². The molecule has 0 spiro atoms. The quantitative estimate of drug-likeness (QED) is 0.470. The Kier molecular flexibility index (Phi) is 6.11. The summed E-state index contributed by atoms with van der Waals surface area (Å²) in [6, 6.07) is 0. The highest BCUT2D eigenvalue weighted by Gasteiger charge is 2.58. The Hall–Kier alpha value is -0.560. The van der Waals surface area contributed by atoms with E-state index in [-0.39, 0.29) is 6.10 Å². The van der Waals surface area contributed by atoms with Crippen LogP contribution in [0, 0.1) is 40.4 Å². The van der Waals surface area contributed by atoms with Gasteiger partial charge in [-0.05, 0) is 118 Å². The predicted octanol–water partition coefficient (Wildman–Crippen LogP) is 7.70. The van der Waals surface area contributed by atoms with E-state index in [1.54, 1.807) is 11.1 Å². The van der Waals surface area contributed by atoms with Gasteiger partial charge in [0.25, 0.3) is 0 Å². The third kappa shape index (κ3) is 3.68. The zero-order chi connectivity index (χ0) is 20.8. The first kappa shape index (κ1) is 21.7. The molecule has 0 bridgehead atoms. The summed E-state index contributed by atoms with van der Waals surface area (Å²) < 4.78 is 0. The van der Waals surface area contributed by atoms with Crippen molar-refractivity contribution in [2.24, 2.45) is 40.4 Å². The Labute approximate surface area is 180 Å². The molecule has 0 amide bonds. The topological polar surface area (TPSA) is 20.2 Å². The first-order valence-electron chi connectivity index (χ1n) is 12.8. The van der Waals surface area contributed by atoms with Crippen molar-refractivity contribution in [3.05, 3.63) is 23.3 Å². The minimum Gasteiger partial charge on any atom is -0.393 e. The fraction of sp³-hybridized carbons (Fsp3) is 0.857. The minimum atomic E-state index is -0.0801. The second-order valence-electron chi connectivity index (χ2n) is 11.9. The van der Waals surface area contributed by atoms with Gasteiger partial charge >= 0.3 is 0 Å². The van der Waals surface area contributed by atoms with Crippen LogP contribution in [0.5, 0.6) is 0 Å². The maximum atomic E-state index is 10.2. The van der Waals surface area contributed by atoms with Crippen LogP contribution >= 0.6 is 0 Å². The lowest BCUT2D eigenvalue weighted by atomic mass is 9.47. The fourth-order valence-corrected chi connectivity index (χ4v) is 8.54. The summed E-state index contributed by atoms with van der Waals surface area (Å²) in [7, 11) is 0. The molecule has 0 heterocycles. The lowest BCUT2D eigenvalue weighted by Crippen LogP contribution is -2.50. The second kappa shape index (κ2) is 8.18. The molecule has 4 aliphatic carbocycles. The third-order valence-corrected chi connectivity index (χ3v) is 10.4. The fourth-order valence-electron chi connectivity index (χ4n) is 8.54. The Morgan fingerprint density at radius 3 is 2.66 bits per heavy atom. The number of hydrogen-bond acceptors (Lipinski definition) is 1. The Morgan fingerprint density at radius 2 is 1.93 bits per heavy atom. The monoisotopic (exact) mass is 398 g/mol. The highest BCUT2D eigenvalue weighted by atomic mass is 16.3. The lowest BCUT2D eigenvalue weighted by molar-refractivity contribution is -0.0508. The molecule has 0 aromatic heterocycles. The number of allylic oxidation sites excluding steroid dienone is 3. The molecule has 0 aromatic carbocycles. The van der Waals surface area contributed by atoms with E-state index in [4.69, 9.17) is 0 Å². The van der Waals surface area contributed by atoms with E-state index in [1.807, 2.05) is 0 Å². The van der Waals surface area contributed by atoms with Crippen LogP contribution in [0.15, 0.2) is 23.3 Å². The van der Waals surface area contributed by atoms with Gasteiger partial charge in [0, 0.05) is 0 Å². The molecule has 29 heavy (non-hydrogen) atoms. The highest BCUT2D eigenvalue weighted by molar-refractivity contribution is 5.25. The van der Waals surface area contributed by atoms with E-state index in [1.165, 1.54) is 57.8 Å². The molecule has 1 N–H and O–H groups in total. The molecule has 4 rings (SSSR count). The zero-order valence-corrected chi connectivity index (χ0v) is 19.8. The van der Waals surface area contributed by atoms with Crippen molar-refractivity contribution in [2.45, 2.75) is 111 Å². The van der Waals surface area contributed by atoms with Gasteiger partial charge in [0.1, 0.15) is 0 Å². The van der Waals surface area contributed by atoms with Crippen molar-refractivity contribution in [2.75, 3.05) is 0 Å². The second-order valence-corrected chi connectivity index (χ2v) is 11.9. The van der Waals surface area contributed by atoms with E-state index in [0.29, 0.717) is 16.7 Å². The predicted molar refractivity (Wildman–Crippen MR) is 124 cm³/mol. The standard InChI is InChI=1S/C28H46O/c1-6-20(19(2)3)8-7-9-21-11-13-25-24-12-10-22-18-23(29)14-16-28(22,5)26(24)15-17-27(21,25)4/h6,10,19,21,23-26,29H,7-9,11-18H2,1-5H3/b20-6-. The molecule has 3 fully saturated rings. The molecule has 4 aliphatic rings. The number of aliphatic hydroxyl groups is 1. The Morgan fingerprint density at radius 1 is 1.14 bits per heavy atom. The van der Waals surface area contributed by atoms with Gasteiger partial charge in [-0.2, -0.15) is 0 Å². The van der Waals surface area contributed by atoms with Crippen molar-refractivity contribution in [1.82, 2.24) is 0 Å². The minimum absolute atomic E-state index is 0.0801. The lowest BCUT2D eigenvalue weighted by Gasteiger charge is -2.58. The first-order chi connectivity index (χ1) is 13.8. The van der Waals surface area contributed by atoms with Gasteiger partial charge in [-0.1, -0.05) is 51.0 Å². The van der Waals surface area contributed by atoms with Crippen LogP contribution in [-0.2, 0) is 0 Å². The van der Waals surface area contributed by atoms with Gasteiger partial charge in [0.15, 0.2) is 0 Å². The van der Waals surface area contributed by atoms with E-state index in [2.05, 4.69) is 46.8 Å². The summed E-state index contributed by atoms with van der Waals surface area (Å²) in [4.78, 5) is 0. The van der Waals surface area contributed by atoms with Gasteiger partial charge in [-0.3, -0.25) is 0 Å². The maximum absolute atomic E-state index is 10.2. The van der Waals surface area contributed by atoms with Crippen LogP contribution < -0.4 is 0 Å². The molecule has 0 aromatic rings. The molecular weight excluding hydrogens is 352 g/mol.